The van der Waals surface area contributed by atoms with Crippen molar-refractivity contribution in [3.63, 3.8) is 0 Å². The first-order valence-electron chi connectivity index (χ1n) is 9.30. The van der Waals surface area contributed by atoms with E-state index in [2.05, 4.69) is 19.9 Å². The molecule has 2 aromatic carbocycles. The Morgan fingerprint density at radius 2 is 1.72 bits per heavy atom. The van der Waals surface area contributed by atoms with Gasteiger partial charge in [0, 0.05) is 6.07 Å². The maximum atomic E-state index is 13.1. The highest BCUT2D eigenvalue weighted by Crippen LogP contribution is 2.31. The number of ether oxygens (including phenoxy) is 2. The van der Waals surface area contributed by atoms with Gasteiger partial charge in [-0.05, 0) is 38.5 Å². The number of hydrogen-bond acceptors (Lipinski definition) is 6. The predicted molar refractivity (Wildman–Crippen MR) is 109 cm³/mol. The van der Waals surface area contributed by atoms with Crippen LogP contribution in [0.1, 0.15) is 37.1 Å². The number of nitrogens with one attached hydrogen (secondary N) is 2. The van der Waals surface area contributed by atoms with E-state index in [9.17, 15) is 8.42 Å². The number of sulfonamides is 1. The zero-order valence-corrected chi connectivity index (χ0v) is 17.4. The van der Waals surface area contributed by atoms with E-state index < -0.39 is 16.1 Å². The fraction of sp³-hybridized carbons (Fsp3) is 0.300. The van der Waals surface area contributed by atoms with Gasteiger partial charge in [-0.3, -0.25) is 5.10 Å². The molecule has 1 heterocycles. The van der Waals surface area contributed by atoms with Crippen molar-refractivity contribution in [3.05, 3.63) is 65.7 Å². The van der Waals surface area contributed by atoms with Crippen molar-refractivity contribution in [2.75, 3.05) is 13.2 Å². The molecular formula is C20H24N4O4S. The van der Waals surface area contributed by atoms with Crippen molar-refractivity contribution in [1.82, 2.24) is 19.9 Å². The maximum absolute atomic E-state index is 13.1. The summed E-state index contributed by atoms with van der Waals surface area (Å²) in [6, 6.07) is 13.0. The molecule has 29 heavy (non-hydrogen) atoms. The SMILES string of the molecule is CCOc1ccc(S(=O)(=O)NC(c2ccccc2)c2n[nH]c(C)n2)cc1OCC. The van der Waals surface area contributed by atoms with Gasteiger partial charge in [-0.25, -0.2) is 13.4 Å². The van der Waals surface area contributed by atoms with Crippen LogP contribution in [-0.4, -0.2) is 36.8 Å². The standard InChI is InChI=1S/C20H24N4O4S/c1-4-27-17-12-11-16(13-18(17)28-5-2)29(25,26)24-19(15-9-7-6-8-10-15)20-21-14(3)22-23-20/h6-13,19,24H,4-5H2,1-3H3,(H,21,22,23). The number of aromatic nitrogens is 3. The lowest BCUT2D eigenvalue weighted by Crippen LogP contribution is -2.30. The molecule has 154 valence electrons. The first-order chi connectivity index (χ1) is 13.9. The van der Waals surface area contributed by atoms with Gasteiger partial charge >= 0.3 is 0 Å². The third kappa shape index (κ3) is 4.93. The van der Waals surface area contributed by atoms with Crippen LogP contribution in [0.4, 0.5) is 0 Å². The van der Waals surface area contributed by atoms with Crippen LogP contribution in [-0.2, 0) is 10.0 Å². The minimum absolute atomic E-state index is 0.0672. The van der Waals surface area contributed by atoms with E-state index in [-0.39, 0.29) is 4.90 Å². The minimum Gasteiger partial charge on any atom is -0.490 e. The second kappa shape index (κ2) is 9.06. The number of H-pyrrole nitrogens is 1. The summed E-state index contributed by atoms with van der Waals surface area (Å²) < 4.78 is 40.1. The Hall–Kier alpha value is -2.91. The Bertz CT molecular complexity index is 1050. The summed E-state index contributed by atoms with van der Waals surface area (Å²) in [6.07, 6.45) is 0. The molecule has 9 heteroatoms. The molecule has 2 N–H and O–H groups in total. The van der Waals surface area contributed by atoms with Crippen LogP contribution in [0.15, 0.2) is 53.4 Å². The molecule has 0 aliphatic carbocycles. The fourth-order valence-electron chi connectivity index (χ4n) is 2.83. The van der Waals surface area contributed by atoms with Crippen LogP contribution in [0.25, 0.3) is 0 Å². The van der Waals surface area contributed by atoms with Gasteiger partial charge in [-0.2, -0.15) is 9.82 Å². The summed E-state index contributed by atoms with van der Waals surface area (Å²) >= 11 is 0. The molecule has 0 saturated carbocycles. The molecule has 1 aromatic heterocycles. The van der Waals surface area contributed by atoms with E-state index in [0.29, 0.717) is 36.4 Å². The number of rotatable bonds is 9. The summed E-state index contributed by atoms with van der Waals surface area (Å²) in [5, 5.41) is 6.91. The third-order valence-corrected chi connectivity index (χ3v) is 5.52. The molecule has 0 fully saturated rings. The van der Waals surface area contributed by atoms with Gasteiger partial charge in [0.1, 0.15) is 11.9 Å². The molecule has 0 radical (unpaired) electrons. The van der Waals surface area contributed by atoms with Crippen LogP contribution >= 0.6 is 0 Å². The molecule has 0 saturated heterocycles. The Kier molecular flexibility index (Phi) is 6.50. The van der Waals surface area contributed by atoms with Crippen molar-refractivity contribution >= 4 is 10.0 Å². The number of aromatic amines is 1. The molecule has 0 spiro atoms. The Morgan fingerprint density at radius 3 is 2.34 bits per heavy atom. The quantitative estimate of drug-likeness (QED) is 0.555. The first-order valence-corrected chi connectivity index (χ1v) is 10.8. The van der Waals surface area contributed by atoms with Crippen LogP contribution < -0.4 is 14.2 Å². The van der Waals surface area contributed by atoms with Crippen LogP contribution in [0, 0.1) is 6.92 Å². The smallest absolute Gasteiger partial charge is 0.241 e. The number of benzene rings is 2. The van der Waals surface area contributed by atoms with E-state index in [1.807, 2.05) is 44.2 Å². The molecule has 3 rings (SSSR count). The van der Waals surface area contributed by atoms with Gasteiger partial charge in [-0.1, -0.05) is 30.3 Å². The summed E-state index contributed by atoms with van der Waals surface area (Å²) in [4.78, 5) is 4.38. The van der Waals surface area contributed by atoms with Crippen LogP contribution in [0.5, 0.6) is 11.5 Å². The molecule has 8 nitrogen and oxygen atoms in total. The van der Waals surface area contributed by atoms with E-state index in [4.69, 9.17) is 9.47 Å². The molecule has 3 aromatic rings. The Labute approximate surface area is 170 Å². The molecule has 0 bridgehead atoms. The van der Waals surface area contributed by atoms with E-state index in [1.165, 1.54) is 12.1 Å². The zero-order valence-electron chi connectivity index (χ0n) is 16.5. The topological polar surface area (TPSA) is 106 Å². The van der Waals surface area contributed by atoms with Crippen molar-refractivity contribution in [3.8, 4) is 11.5 Å². The first kappa shape index (κ1) is 20.8. The van der Waals surface area contributed by atoms with Gasteiger partial charge in [0.15, 0.2) is 17.3 Å². The van der Waals surface area contributed by atoms with E-state index in [1.54, 1.807) is 13.0 Å². The average molecular weight is 417 g/mol. The average Bonchev–Trinajstić information content (AvgIpc) is 3.14. The molecular weight excluding hydrogens is 392 g/mol. The van der Waals surface area contributed by atoms with Gasteiger partial charge in [0.25, 0.3) is 0 Å². The van der Waals surface area contributed by atoms with Gasteiger partial charge < -0.3 is 9.47 Å². The third-order valence-electron chi connectivity index (χ3n) is 4.10. The minimum atomic E-state index is -3.90. The molecule has 1 unspecified atom stereocenters. The summed E-state index contributed by atoms with van der Waals surface area (Å²) in [7, 11) is -3.90. The van der Waals surface area contributed by atoms with Crippen LogP contribution in [0.3, 0.4) is 0 Å². The maximum Gasteiger partial charge on any atom is 0.241 e. The molecule has 0 aliphatic rings. The Morgan fingerprint density at radius 1 is 1.03 bits per heavy atom. The highest BCUT2D eigenvalue weighted by molar-refractivity contribution is 7.89. The lowest BCUT2D eigenvalue weighted by Gasteiger charge is -2.18. The lowest BCUT2D eigenvalue weighted by atomic mass is 10.1. The summed E-state index contributed by atoms with van der Waals surface area (Å²) in [5.74, 6) is 1.81. The van der Waals surface area contributed by atoms with Crippen molar-refractivity contribution in [1.29, 1.82) is 0 Å². The second-order valence-corrected chi connectivity index (χ2v) is 7.93. The fourth-order valence-corrected chi connectivity index (χ4v) is 4.02. The molecule has 1 atom stereocenters. The predicted octanol–water partition coefficient (Wildman–Crippen LogP) is 2.98. The number of hydrogen-bond donors (Lipinski definition) is 2. The second-order valence-electron chi connectivity index (χ2n) is 6.22. The number of nitrogens with zero attached hydrogens (tertiary/aromatic N) is 2. The molecule has 0 amide bonds. The van der Waals surface area contributed by atoms with Gasteiger partial charge in [-0.15, -0.1) is 0 Å². The van der Waals surface area contributed by atoms with Crippen molar-refractivity contribution < 1.29 is 17.9 Å². The Balaban J connectivity index is 1.98. The van der Waals surface area contributed by atoms with Crippen molar-refractivity contribution in [2.24, 2.45) is 0 Å². The van der Waals surface area contributed by atoms with E-state index >= 15 is 0 Å². The summed E-state index contributed by atoms with van der Waals surface area (Å²) in [6.45, 7) is 6.27. The number of aryl methyl sites for hydroxylation is 1. The molecule has 0 aliphatic heterocycles. The monoisotopic (exact) mass is 416 g/mol. The highest BCUT2D eigenvalue weighted by Gasteiger charge is 2.26. The van der Waals surface area contributed by atoms with Gasteiger partial charge in [0.05, 0.1) is 18.1 Å². The highest BCUT2D eigenvalue weighted by atomic mass is 32.2. The van der Waals surface area contributed by atoms with Crippen LogP contribution in [0.2, 0.25) is 0 Å². The van der Waals surface area contributed by atoms with Gasteiger partial charge in [0.2, 0.25) is 10.0 Å². The normalized spacial score (nSPS) is 12.5. The lowest BCUT2D eigenvalue weighted by molar-refractivity contribution is 0.287. The zero-order chi connectivity index (χ0) is 20.9. The summed E-state index contributed by atoms with van der Waals surface area (Å²) in [5.41, 5.74) is 0.728. The van der Waals surface area contributed by atoms with E-state index in [0.717, 1.165) is 5.56 Å². The van der Waals surface area contributed by atoms with Crippen molar-refractivity contribution in [2.45, 2.75) is 31.7 Å². The largest absolute Gasteiger partial charge is 0.490 e.